The highest BCUT2D eigenvalue weighted by Gasteiger charge is 2.35. The van der Waals surface area contributed by atoms with Crippen molar-refractivity contribution in [1.82, 2.24) is 0 Å². The first-order valence-corrected chi connectivity index (χ1v) is 11.7. The van der Waals surface area contributed by atoms with E-state index in [4.69, 9.17) is 9.15 Å². The molecule has 9 heteroatoms. The molecule has 2 heterocycles. The quantitative estimate of drug-likeness (QED) is 0.168. The van der Waals surface area contributed by atoms with Crippen LogP contribution in [0.15, 0.2) is 105 Å². The van der Waals surface area contributed by atoms with Crippen LogP contribution in [0.3, 0.4) is 0 Å². The third kappa shape index (κ3) is 4.64. The Labute approximate surface area is 210 Å². The summed E-state index contributed by atoms with van der Waals surface area (Å²) >= 11 is 1.23. The smallest absolute Gasteiger partial charge is 0.284 e. The van der Waals surface area contributed by atoms with E-state index in [2.05, 4.69) is 4.99 Å². The summed E-state index contributed by atoms with van der Waals surface area (Å²) < 4.78 is 11.0. The molecule has 36 heavy (non-hydrogen) atoms. The first-order valence-electron chi connectivity index (χ1n) is 10.9. The van der Waals surface area contributed by atoms with Crippen LogP contribution >= 0.6 is 11.8 Å². The zero-order valence-electron chi connectivity index (χ0n) is 19.0. The van der Waals surface area contributed by atoms with Crippen LogP contribution in [0.1, 0.15) is 5.76 Å². The molecule has 0 atom stereocenters. The van der Waals surface area contributed by atoms with Gasteiger partial charge in [-0.3, -0.25) is 19.8 Å². The maximum Gasteiger partial charge on any atom is 0.284 e. The number of nitro groups is 1. The Hall–Kier alpha value is -4.63. The molecule has 178 valence electrons. The van der Waals surface area contributed by atoms with Crippen LogP contribution in [0.2, 0.25) is 0 Å². The minimum atomic E-state index is -0.487. The van der Waals surface area contributed by atoms with Crippen molar-refractivity contribution < 1.29 is 18.9 Å². The number of ether oxygens (including phenoxy) is 1. The average Bonchev–Trinajstić information content (AvgIpc) is 3.49. The number of anilines is 1. The monoisotopic (exact) mass is 497 g/mol. The molecular weight excluding hydrogens is 478 g/mol. The van der Waals surface area contributed by atoms with E-state index in [1.54, 1.807) is 35.2 Å². The SMILES string of the molecule is COc1ccc(-c2ccc(/C=C3/SC(=Nc4ccccc4)N(c4ccccc4)C3=O)o2)c([N+](=O)[O-])c1. The second-order valence-corrected chi connectivity index (χ2v) is 8.67. The number of nitrogens with zero attached hydrogens (tertiary/aromatic N) is 3. The van der Waals surface area contributed by atoms with Crippen LogP contribution in [0, 0.1) is 10.1 Å². The Bertz CT molecular complexity index is 1500. The third-order valence-corrected chi connectivity index (χ3v) is 6.34. The molecule has 1 aliphatic rings. The molecule has 0 spiro atoms. The number of amidine groups is 1. The Balaban J connectivity index is 1.51. The maximum absolute atomic E-state index is 13.4. The Kier molecular flexibility index (Phi) is 6.38. The first kappa shape index (κ1) is 23.1. The topological polar surface area (TPSA) is 98.2 Å². The molecule has 1 aromatic heterocycles. The van der Waals surface area contributed by atoms with E-state index in [1.807, 2.05) is 60.7 Å². The highest BCUT2D eigenvalue weighted by molar-refractivity contribution is 8.19. The van der Waals surface area contributed by atoms with E-state index in [1.165, 1.54) is 24.9 Å². The normalized spacial score (nSPS) is 15.6. The van der Waals surface area contributed by atoms with Gasteiger partial charge in [0.05, 0.1) is 39.9 Å². The molecule has 1 fully saturated rings. The van der Waals surface area contributed by atoms with Gasteiger partial charge in [0.2, 0.25) is 0 Å². The second-order valence-electron chi connectivity index (χ2n) is 7.66. The zero-order valence-corrected chi connectivity index (χ0v) is 19.8. The fourth-order valence-corrected chi connectivity index (χ4v) is 4.65. The molecule has 0 saturated carbocycles. The molecule has 1 amide bonds. The van der Waals surface area contributed by atoms with Gasteiger partial charge < -0.3 is 9.15 Å². The summed E-state index contributed by atoms with van der Waals surface area (Å²) in [5.74, 6) is 0.831. The van der Waals surface area contributed by atoms with Crippen LogP contribution in [-0.2, 0) is 4.79 Å². The molecule has 1 saturated heterocycles. The van der Waals surface area contributed by atoms with Crippen LogP contribution in [0.4, 0.5) is 17.1 Å². The predicted octanol–water partition coefficient (Wildman–Crippen LogP) is 6.67. The fraction of sp³-hybridized carbons (Fsp3) is 0.0370. The minimum Gasteiger partial charge on any atom is -0.497 e. The summed E-state index contributed by atoms with van der Waals surface area (Å²) in [6.45, 7) is 0. The number of benzene rings is 3. The van der Waals surface area contributed by atoms with Gasteiger partial charge in [-0.05, 0) is 60.3 Å². The highest BCUT2D eigenvalue weighted by Crippen LogP contribution is 2.39. The number of para-hydroxylation sites is 2. The van der Waals surface area contributed by atoms with E-state index in [0.29, 0.717) is 38.6 Å². The van der Waals surface area contributed by atoms with Crippen molar-refractivity contribution in [2.75, 3.05) is 12.0 Å². The number of hydrogen-bond acceptors (Lipinski definition) is 7. The van der Waals surface area contributed by atoms with Crippen LogP contribution < -0.4 is 9.64 Å². The number of methoxy groups -OCH3 is 1. The van der Waals surface area contributed by atoms with Crippen LogP contribution in [-0.4, -0.2) is 23.1 Å². The van der Waals surface area contributed by atoms with Crippen molar-refractivity contribution in [3.63, 3.8) is 0 Å². The summed E-state index contributed by atoms with van der Waals surface area (Å²) in [7, 11) is 1.44. The number of nitro benzene ring substituents is 1. The summed E-state index contributed by atoms with van der Waals surface area (Å²) in [5.41, 5.74) is 1.60. The number of furan rings is 1. The van der Waals surface area contributed by atoms with Gasteiger partial charge in [-0.2, -0.15) is 0 Å². The van der Waals surface area contributed by atoms with Crippen molar-refractivity contribution in [3.8, 4) is 17.1 Å². The van der Waals surface area contributed by atoms with Crippen molar-refractivity contribution in [2.45, 2.75) is 0 Å². The summed E-state index contributed by atoms with van der Waals surface area (Å²) in [6, 6.07) is 26.5. The van der Waals surface area contributed by atoms with Gasteiger partial charge in [0.1, 0.15) is 17.3 Å². The molecule has 5 rings (SSSR count). The van der Waals surface area contributed by atoms with Crippen molar-refractivity contribution in [2.24, 2.45) is 4.99 Å². The molecule has 0 bridgehead atoms. The molecular formula is C27H19N3O5S. The van der Waals surface area contributed by atoms with E-state index < -0.39 is 4.92 Å². The lowest BCUT2D eigenvalue weighted by molar-refractivity contribution is -0.384. The van der Waals surface area contributed by atoms with Gasteiger partial charge in [0.25, 0.3) is 11.6 Å². The number of carbonyl (C=O) groups is 1. The summed E-state index contributed by atoms with van der Waals surface area (Å²) in [4.78, 5) is 31.2. The van der Waals surface area contributed by atoms with E-state index in [0.717, 1.165) is 5.69 Å². The Morgan fingerprint density at radius 1 is 1.00 bits per heavy atom. The highest BCUT2D eigenvalue weighted by atomic mass is 32.2. The molecule has 0 N–H and O–H groups in total. The lowest BCUT2D eigenvalue weighted by Gasteiger charge is -2.15. The lowest BCUT2D eigenvalue weighted by Crippen LogP contribution is -2.28. The van der Waals surface area contributed by atoms with Gasteiger partial charge >= 0.3 is 0 Å². The summed E-state index contributed by atoms with van der Waals surface area (Å²) in [5, 5.41) is 12.1. The average molecular weight is 498 g/mol. The van der Waals surface area contributed by atoms with E-state index in [-0.39, 0.29) is 11.6 Å². The van der Waals surface area contributed by atoms with Gasteiger partial charge in [-0.1, -0.05) is 36.4 Å². The molecule has 0 unspecified atom stereocenters. The molecule has 8 nitrogen and oxygen atoms in total. The number of hydrogen-bond donors (Lipinski definition) is 0. The number of amides is 1. The first-order chi connectivity index (χ1) is 17.5. The van der Waals surface area contributed by atoms with Crippen molar-refractivity contribution >= 4 is 46.0 Å². The molecule has 0 radical (unpaired) electrons. The Morgan fingerprint density at radius 3 is 2.42 bits per heavy atom. The molecule has 4 aromatic rings. The predicted molar refractivity (Wildman–Crippen MR) is 140 cm³/mol. The fourth-order valence-electron chi connectivity index (χ4n) is 3.67. The Morgan fingerprint density at radius 2 is 1.72 bits per heavy atom. The molecule has 3 aromatic carbocycles. The zero-order chi connectivity index (χ0) is 25.1. The van der Waals surface area contributed by atoms with E-state index in [9.17, 15) is 14.9 Å². The van der Waals surface area contributed by atoms with Crippen molar-refractivity contribution in [3.05, 3.63) is 112 Å². The minimum absolute atomic E-state index is 0.137. The second kappa shape index (κ2) is 9.93. The molecule has 0 aliphatic carbocycles. The standard InChI is InChI=1S/C27H19N3O5S/c1-34-20-12-14-22(23(16-20)30(32)33)24-15-13-21(35-24)17-25-26(31)29(19-10-6-3-7-11-19)27(36-25)28-18-8-4-2-5-9-18/h2-17H,1H3/b25-17+,28-27?. The largest absolute Gasteiger partial charge is 0.497 e. The maximum atomic E-state index is 13.4. The number of aliphatic imine (C=N–C) groups is 1. The van der Waals surface area contributed by atoms with Crippen LogP contribution in [0.25, 0.3) is 17.4 Å². The lowest BCUT2D eigenvalue weighted by atomic mass is 10.1. The van der Waals surface area contributed by atoms with Gasteiger partial charge in [0, 0.05) is 6.08 Å². The van der Waals surface area contributed by atoms with Crippen molar-refractivity contribution in [1.29, 1.82) is 0 Å². The van der Waals surface area contributed by atoms with Gasteiger partial charge in [-0.15, -0.1) is 0 Å². The van der Waals surface area contributed by atoms with Gasteiger partial charge in [0.15, 0.2) is 5.17 Å². The number of thioether (sulfide) groups is 1. The summed E-state index contributed by atoms with van der Waals surface area (Å²) in [6.07, 6.45) is 1.62. The van der Waals surface area contributed by atoms with Crippen LogP contribution in [0.5, 0.6) is 5.75 Å². The number of rotatable bonds is 6. The molecule has 1 aliphatic heterocycles. The third-order valence-electron chi connectivity index (χ3n) is 5.37. The van der Waals surface area contributed by atoms with Gasteiger partial charge in [-0.25, -0.2) is 4.99 Å². The van der Waals surface area contributed by atoms with E-state index >= 15 is 0 Å². The number of carbonyl (C=O) groups excluding carboxylic acids is 1.